The van der Waals surface area contributed by atoms with Gasteiger partial charge in [-0.1, -0.05) is 30.3 Å². The zero-order valence-corrected chi connectivity index (χ0v) is 11.7. The van der Waals surface area contributed by atoms with Gasteiger partial charge in [0, 0.05) is 5.56 Å². The van der Waals surface area contributed by atoms with E-state index < -0.39 is 5.91 Å². The lowest BCUT2D eigenvalue weighted by atomic mass is 10.1. The molecule has 0 aliphatic rings. The number of hydrazine groups is 1. The normalized spacial score (nSPS) is 10.1. The summed E-state index contributed by atoms with van der Waals surface area (Å²) in [6, 6.07) is 11.1. The van der Waals surface area contributed by atoms with Gasteiger partial charge in [-0.05, 0) is 12.3 Å². The second-order valence-electron chi connectivity index (χ2n) is 3.97. The molecule has 0 unspecified atom stereocenters. The fourth-order valence-electron chi connectivity index (χ4n) is 1.56. The molecule has 0 saturated heterocycles. The van der Waals surface area contributed by atoms with Gasteiger partial charge in [0.15, 0.2) is 0 Å². The first-order valence-electron chi connectivity index (χ1n) is 5.89. The Labute approximate surface area is 120 Å². The number of amides is 2. The number of nitrogens with zero attached hydrogens (tertiary/aromatic N) is 1. The monoisotopic (exact) mass is 290 g/mol. The molecule has 1 aromatic carbocycles. The minimum Gasteiger partial charge on any atom is -0.272 e. The summed E-state index contributed by atoms with van der Waals surface area (Å²) in [7, 11) is 0. The van der Waals surface area contributed by atoms with Gasteiger partial charge >= 0.3 is 0 Å². The summed E-state index contributed by atoms with van der Waals surface area (Å²) >= 11 is 1.38. The first-order chi connectivity index (χ1) is 9.70. The van der Waals surface area contributed by atoms with E-state index in [0.717, 1.165) is 5.56 Å². The molecular weight excluding hydrogens is 276 g/mol. The lowest BCUT2D eigenvalue weighted by molar-refractivity contribution is -0.119. The number of rotatable bonds is 4. The van der Waals surface area contributed by atoms with E-state index in [1.165, 1.54) is 11.8 Å². The van der Waals surface area contributed by atoms with Crippen molar-refractivity contribution in [2.45, 2.75) is 0 Å². The standard InChI is InChI=1S/C13H14N4O2S/c1-20-8-12(18)16-17-13(19)11-7-10(14-15-11)9-5-3-2-4-6-9/h2-7H,8H2,1H3,(H,14,15)(H,16,18)(H,17,19). The molecule has 0 bridgehead atoms. The molecule has 2 aromatic rings. The molecule has 0 aliphatic heterocycles. The fraction of sp³-hybridized carbons (Fsp3) is 0.154. The Morgan fingerprint density at radius 1 is 1.25 bits per heavy atom. The molecule has 20 heavy (non-hydrogen) atoms. The summed E-state index contributed by atoms with van der Waals surface area (Å²) in [5, 5.41) is 6.71. The molecule has 7 heteroatoms. The summed E-state index contributed by atoms with van der Waals surface area (Å²) < 4.78 is 0. The van der Waals surface area contributed by atoms with E-state index in [2.05, 4.69) is 21.0 Å². The maximum absolute atomic E-state index is 11.8. The van der Waals surface area contributed by atoms with Crippen molar-refractivity contribution in [1.29, 1.82) is 0 Å². The number of H-pyrrole nitrogens is 1. The molecular formula is C13H14N4O2S. The van der Waals surface area contributed by atoms with Crippen molar-refractivity contribution < 1.29 is 9.59 Å². The number of aromatic amines is 1. The Kier molecular flexibility index (Phi) is 4.78. The lowest BCUT2D eigenvalue weighted by Gasteiger charge is -2.04. The van der Waals surface area contributed by atoms with Gasteiger partial charge in [0.05, 0.1) is 11.4 Å². The maximum atomic E-state index is 11.8. The molecule has 0 fully saturated rings. The van der Waals surface area contributed by atoms with Crippen LogP contribution in [-0.2, 0) is 4.79 Å². The first kappa shape index (κ1) is 14.1. The van der Waals surface area contributed by atoms with Crippen LogP contribution in [-0.4, -0.2) is 34.0 Å². The third-order valence-electron chi connectivity index (χ3n) is 2.48. The molecule has 1 heterocycles. The Balaban J connectivity index is 1.98. The molecule has 0 atom stereocenters. The zero-order chi connectivity index (χ0) is 14.4. The molecule has 0 spiro atoms. The van der Waals surface area contributed by atoms with Crippen molar-refractivity contribution in [3.8, 4) is 11.3 Å². The number of hydrogen-bond acceptors (Lipinski definition) is 4. The summed E-state index contributed by atoms with van der Waals surface area (Å²) in [5.74, 6) is -0.402. The SMILES string of the molecule is CSCC(=O)NNC(=O)c1cc(-c2ccccc2)n[nH]1. The highest BCUT2D eigenvalue weighted by atomic mass is 32.2. The second-order valence-corrected chi connectivity index (χ2v) is 4.83. The molecule has 2 amide bonds. The number of hydrogen-bond donors (Lipinski definition) is 3. The van der Waals surface area contributed by atoms with Crippen LogP contribution in [0.5, 0.6) is 0 Å². The van der Waals surface area contributed by atoms with Gasteiger partial charge in [-0.3, -0.25) is 25.5 Å². The molecule has 6 nitrogen and oxygen atoms in total. The van der Waals surface area contributed by atoms with Crippen molar-refractivity contribution in [1.82, 2.24) is 21.0 Å². The van der Waals surface area contributed by atoms with E-state index in [9.17, 15) is 9.59 Å². The summed E-state index contributed by atoms with van der Waals surface area (Å²) in [5.41, 5.74) is 6.52. The third kappa shape index (κ3) is 3.61. The Hall–Kier alpha value is -2.28. The van der Waals surface area contributed by atoms with Gasteiger partial charge in [-0.25, -0.2) is 0 Å². The molecule has 104 valence electrons. The van der Waals surface area contributed by atoms with Crippen LogP contribution in [0.15, 0.2) is 36.4 Å². The Morgan fingerprint density at radius 3 is 2.70 bits per heavy atom. The van der Waals surface area contributed by atoms with Crippen LogP contribution in [0.4, 0.5) is 0 Å². The largest absolute Gasteiger partial charge is 0.287 e. The van der Waals surface area contributed by atoms with Crippen LogP contribution < -0.4 is 10.9 Å². The van der Waals surface area contributed by atoms with Gasteiger partial charge in [-0.15, -0.1) is 0 Å². The minimum absolute atomic E-state index is 0.256. The van der Waals surface area contributed by atoms with Crippen molar-refractivity contribution in [3.63, 3.8) is 0 Å². The average molecular weight is 290 g/mol. The number of carbonyl (C=O) groups is 2. The Bertz CT molecular complexity index is 597. The molecule has 0 saturated carbocycles. The predicted molar refractivity (Wildman–Crippen MR) is 78.0 cm³/mol. The zero-order valence-electron chi connectivity index (χ0n) is 10.8. The number of carbonyl (C=O) groups excluding carboxylic acids is 2. The van der Waals surface area contributed by atoms with Gasteiger partial charge in [0.2, 0.25) is 5.91 Å². The smallest absolute Gasteiger partial charge is 0.272 e. The highest BCUT2D eigenvalue weighted by Gasteiger charge is 2.11. The second kappa shape index (κ2) is 6.76. The van der Waals surface area contributed by atoms with E-state index >= 15 is 0 Å². The lowest BCUT2D eigenvalue weighted by Crippen LogP contribution is -2.42. The van der Waals surface area contributed by atoms with E-state index in [1.54, 1.807) is 6.07 Å². The summed E-state index contributed by atoms with van der Waals surface area (Å²) in [6.45, 7) is 0. The number of thioether (sulfide) groups is 1. The van der Waals surface area contributed by atoms with Crippen molar-refractivity contribution >= 4 is 23.6 Å². The van der Waals surface area contributed by atoms with E-state index in [-0.39, 0.29) is 11.6 Å². The topological polar surface area (TPSA) is 86.9 Å². The van der Waals surface area contributed by atoms with Crippen LogP contribution in [0.25, 0.3) is 11.3 Å². The fourth-order valence-corrected chi connectivity index (χ4v) is 1.89. The number of benzene rings is 1. The first-order valence-corrected chi connectivity index (χ1v) is 7.29. The quantitative estimate of drug-likeness (QED) is 0.738. The van der Waals surface area contributed by atoms with Crippen LogP contribution in [0.2, 0.25) is 0 Å². The molecule has 0 aliphatic carbocycles. The van der Waals surface area contributed by atoms with Crippen molar-refractivity contribution in [2.75, 3.05) is 12.0 Å². The van der Waals surface area contributed by atoms with Gasteiger partial charge < -0.3 is 0 Å². The average Bonchev–Trinajstić information content (AvgIpc) is 2.96. The predicted octanol–water partition coefficient (Wildman–Crippen LogP) is 1.20. The number of nitrogens with one attached hydrogen (secondary N) is 3. The molecule has 3 N–H and O–H groups in total. The van der Waals surface area contributed by atoms with Crippen LogP contribution in [0.1, 0.15) is 10.5 Å². The van der Waals surface area contributed by atoms with Crippen LogP contribution in [0, 0.1) is 0 Å². The highest BCUT2D eigenvalue weighted by molar-refractivity contribution is 7.99. The maximum Gasteiger partial charge on any atom is 0.287 e. The third-order valence-corrected chi connectivity index (χ3v) is 3.03. The highest BCUT2D eigenvalue weighted by Crippen LogP contribution is 2.16. The summed E-state index contributed by atoms with van der Waals surface area (Å²) in [6.07, 6.45) is 1.81. The number of aromatic nitrogens is 2. The van der Waals surface area contributed by atoms with Gasteiger partial charge in [0.1, 0.15) is 5.69 Å². The van der Waals surface area contributed by atoms with Crippen molar-refractivity contribution in [2.24, 2.45) is 0 Å². The van der Waals surface area contributed by atoms with Gasteiger partial charge in [-0.2, -0.15) is 16.9 Å². The Morgan fingerprint density at radius 2 is 2.00 bits per heavy atom. The molecule has 0 radical (unpaired) electrons. The summed E-state index contributed by atoms with van der Waals surface area (Å²) in [4.78, 5) is 23.0. The van der Waals surface area contributed by atoms with Crippen LogP contribution in [0.3, 0.4) is 0 Å². The molecule has 1 aromatic heterocycles. The van der Waals surface area contributed by atoms with E-state index in [0.29, 0.717) is 11.4 Å². The molecule has 2 rings (SSSR count). The van der Waals surface area contributed by atoms with Gasteiger partial charge in [0.25, 0.3) is 5.91 Å². The van der Waals surface area contributed by atoms with Crippen LogP contribution >= 0.6 is 11.8 Å². The van der Waals surface area contributed by atoms with E-state index in [1.807, 2.05) is 36.6 Å². The minimum atomic E-state index is -0.436. The van der Waals surface area contributed by atoms with Crippen molar-refractivity contribution in [3.05, 3.63) is 42.1 Å². The van der Waals surface area contributed by atoms with E-state index in [4.69, 9.17) is 0 Å².